The van der Waals surface area contributed by atoms with Crippen LogP contribution in [0.15, 0.2) is 18.2 Å². The van der Waals surface area contributed by atoms with Crippen molar-refractivity contribution >= 4 is 0 Å². The van der Waals surface area contributed by atoms with Gasteiger partial charge >= 0.3 is 0 Å². The summed E-state index contributed by atoms with van der Waals surface area (Å²) in [6, 6.07) is 4.48. The minimum atomic E-state index is -0.786. The fraction of sp³-hybridized carbons (Fsp3) is 0.625. The lowest BCUT2D eigenvalue weighted by atomic mass is 10.0. The van der Waals surface area contributed by atoms with Crippen LogP contribution in [0.1, 0.15) is 31.9 Å². The van der Waals surface area contributed by atoms with E-state index in [-0.39, 0.29) is 6.04 Å². The second kappa shape index (κ2) is 7.82. The summed E-state index contributed by atoms with van der Waals surface area (Å²) in [7, 11) is 0. The number of hydrogen-bond acceptors (Lipinski definition) is 3. The van der Waals surface area contributed by atoms with Gasteiger partial charge in [-0.2, -0.15) is 0 Å². The standard InChI is InChI=1S/C16H24F2N2O/c1-3-7-19-15(10-20-8-9-21-11-12(20)2)13-5-4-6-14(17)16(13)18/h4-6,12,15,19H,3,7-11H2,1-2H3. The third kappa shape index (κ3) is 4.22. The molecule has 1 heterocycles. The molecule has 0 radical (unpaired) electrons. The Morgan fingerprint density at radius 2 is 2.24 bits per heavy atom. The highest BCUT2D eigenvalue weighted by atomic mass is 19.2. The zero-order valence-corrected chi connectivity index (χ0v) is 12.7. The van der Waals surface area contributed by atoms with Crippen LogP contribution in [0.25, 0.3) is 0 Å². The van der Waals surface area contributed by atoms with Crippen LogP contribution in [0.5, 0.6) is 0 Å². The molecule has 0 spiro atoms. The zero-order chi connectivity index (χ0) is 15.2. The Morgan fingerprint density at radius 1 is 1.43 bits per heavy atom. The predicted molar refractivity (Wildman–Crippen MR) is 79.2 cm³/mol. The fourth-order valence-electron chi connectivity index (χ4n) is 2.65. The quantitative estimate of drug-likeness (QED) is 0.874. The average molecular weight is 298 g/mol. The highest BCUT2D eigenvalue weighted by Crippen LogP contribution is 2.22. The summed E-state index contributed by atoms with van der Waals surface area (Å²) in [5.74, 6) is -1.53. The van der Waals surface area contributed by atoms with Crippen LogP contribution in [0.4, 0.5) is 8.78 Å². The monoisotopic (exact) mass is 298 g/mol. The van der Waals surface area contributed by atoms with Crippen molar-refractivity contribution in [3.63, 3.8) is 0 Å². The van der Waals surface area contributed by atoms with Crippen LogP contribution in [0, 0.1) is 11.6 Å². The molecule has 1 fully saturated rings. The van der Waals surface area contributed by atoms with E-state index >= 15 is 0 Å². The van der Waals surface area contributed by atoms with E-state index in [4.69, 9.17) is 4.74 Å². The van der Waals surface area contributed by atoms with Crippen molar-refractivity contribution in [2.45, 2.75) is 32.4 Å². The van der Waals surface area contributed by atoms with Crippen molar-refractivity contribution in [3.05, 3.63) is 35.4 Å². The van der Waals surface area contributed by atoms with Crippen molar-refractivity contribution in [3.8, 4) is 0 Å². The van der Waals surface area contributed by atoms with E-state index in [0.717, 1.165) is 25.6 Å². The lowest BCUT2D eigenvalue weighted by molar-refractivity contribution is -0.00465. The lowest BCUT2D eigenvalue weighted by Crippen LogP contribution is -2.47. The van der Waals surface area contributed by atoms with E-state index in [2.05, 4.69) is 24.1 Å². The van der Waals surface area contributed by atoms with Gasteiger partial charge < -0.3 is 10.1 Å². The van der Waals surface area contributed by atoms with Gasteiger partial charge in [-0.15, -0.1) is 0 Å². The summed E-state index contributed by atoms with van der Waals surface area (Å²) >= 11 is 0. The summed E-state index contributed by atoms with van der Waals surface area (Å²) in [4.78, 5) is 2.27. The molecule has 1 aromatic carbocycles. The Balaban J connectivity index is 2.15. The van der Waals surface area contributed by atoms with Gasteiger partial charge in [0.2, 0.25) is 0 Å². The summed E-state index contributed by atoms with van der Waals surface area (Å²) in [5.41, 5.74) is 0.405. The summed E-state index contributed by atoms with van der Waals surface area (Å²) in [6.45, 7) is 7.79. The van der Waals surface area contributed by atoms with Crippen LogP contribution in [-0.4, -0.2) is 43.8 Å². The average Bonchev–Trinajstić information content (AvgIpc) is 2.48. The molecule has 2 rings (SSSR count). The number of ether oxygens (including phenoxy) is 1. The van der Waals surface area contributed by atoms with E-state index in [1.165, 1.54) is 0 Å². The number of benzene rings is 1. The van der Waals surface area contributed by atoms with Gasteiger partial charge in [0.1, 0.15) is 0 Å². The predicted octanol–water partition coefficient (Wildman–Crippen LogP) is 2.73. The van der Waals surface area contributed by atoms with Crippen molar-refractivity contribution < 1.29 is 13.5 Å². The molecule has 2 unspecified atom stereocenters. The SMILES string of the molecule is CCCNC(CN1CCOCC1C)c1cccc(F)c1F. The number of nitrogens with one attached hydrogen (secondary N) is 1. The van der Waals surface area contributed by atoms with E-state index in [0.29, 0.717) is 31.4 Å². The summed E-state index contributed by atoms with van der Waals surface area (Å²) in [6.07, 6.45) is 0.950. The number of hydrogen-bond donors (Lipinski definition) is 1. The van der Waals surface area contributed by atoms with Crippen LogP contribution in [0.2, 0.25) is 0 Å². The van der Waals surface area contributed by atoms with Crippen LogP contribution in [-0.2, 0) is 4.74 Å². The van der Waals surface area contributed by atoms with Gasteiger partial charge in [-0.1, -0.05) is 19.1 Å². The summed E-state index contributed by atoms with van der Waals surface area (Å²) in [5, 5.41) is 3.33. The second-order valence-electron chi connectivity index (χ2n) is 5.57. The Kier molecular flexibility index (Phi) is 6.08. The van der Waals surface area contributed by atoms with Crippen LogP contribution < -0.4 is 5.32 Å². The van der Waals surface area contributed by atoms with Gasteiger partial charge in [0, 0.05) is 30.7 Å². The second-order valence-corrected chi connectivity index (χ2v) is 5.57. The van der Waals surface area contributed by atoms with Gasteiger partial charge in [0.05, 0.1) is 13.2 Å². The van der Waals surface area contributed by atoms with Crippen LogP contribution >= 0.6 is 0 Å². The minimum absolute atomic E-state index is 0.207. The zero-order valence-electron chi connectivity index (χ0n) is 12.7. The van der Waals surface area contributed by atoms with Gasteiger partial charge in [-0.3, -0.25) is 4.90 Å². The molecule has 1 N–H and O–H groups in total. The van der Waals surface area contributed by atoms with Crippen LogP contribution in [0.3, 0.4) is 0 Å². The highest BCUT2D eigenvalue weighted by Gasteiger charge is 2.25. The molecule has 118 valence electrons. The number of rotatable bonds is 6. The normalized spacial score (nSPS) is 21.4. The molecule has 0 aromatic heterocycles. The molecule has 3 nitrogen and oxygen atoms in total. The first-order chi connectivity index (χ1) is 10.1. The van der Waals surface area contributed by atoms with E-state index in [1.54, 1.807) is 12.1 Å². The Morgan fingerprint density at radius 3 is 2.95 bits per heavy atom. The Bertz CT molecular complexity index is 456. The fourth-order valence-corrected chi connectivity index (χ4v) is 2.65. The highest BCUT2D eigenvalue weighted by molar-refractivity contribution is 5.23. The lowest BCUT2D eigenvalue weighted by Gasteiger charge is -2.36. The third-order valence-electron chi connectivity index (χ3n) is 3.92. The maximum absolute atomic E-state index is 14.1. The minimum Gasteiger partial charge on any atom is -0.379 e. The van der Waals surface area contributed by atoms with Crippen molar-refractivity contribution in [2.24, 2.45) is 0 Å². The number of morpholine rings is 1. The molecule has 21 heavy (non-hydrogen) atoms. The third-order valence-corrected chi connectivity index (χ3v) is 3.92. The largest absolute Gasteiger partial charge is 0.379 e. The molecular weight excluding hydrogens is 274 g/mol. The first-order valence-electron chi connectivity index (χ1n) is 7.62. The molecule has 0 saturated carbocycles. The van der Waals surface area contributed by atoms with Gasteiger partial charge in [0.25, 0.3) is 0 Å². The molecule has 1 aliphatic heterocycles. The molecule has 5 heteroatoms. The molecular formula is C16H24F2N2O. The maximum Gasteiger partial charge on any atom is 0.163 e. The number of halogens is 2. The van der Waals surface area contributed by atoms with Crippen molar-refractivity contribution in [1.82, 2.24) is 10.2 Å². The molecule has 0 bridgehead atoms. The molecule has 1 aromatic rings. The van der Waals surface area contributed by atoms with E-state index < -0.39 is 11.6 Å². The van der Waals surface area contributed by atoms with Crippen molar-refractivity contribution in [1.29, 1.82) is 0 Å². The topological polar surface area (TPSA) is 24.5 Å². The molecule has 0 aliphatic carbocycles. The Labute approximate surface area is 125 Å². The first-order valence-corrected chi connectivity index (χ1v) is 7.62. The van der Waals surface area contributed by atoms with Crippen molar-refractivity contribution in [2.75, 3.05) is 32.8 Å². The summed E-state index contributed by atoms with van der Waals surface area (Å²) < 4.78 is 33.0. The molecule has 1 saturated heterocycles. The van der Waals surface area contributed by atoms with E-state index in [1.807, 2.05) is 0 Å². The van der Waals surface area contributed by atoms with Gasteiger partial charge in [0.15, 0.2) is 11.6 Å². The maximum atomic E-state index is 14.1. The van der Waals surface area contributed by atoms with E-state index in [9.17, 15) is 8.78 Å². The molecule has 1 aliphatic rings. The Hall–Kier alpha value is -1.04. The first kappa shape index (κ1) is 16.3. The number of nitrogens with zero attached hydrogens (tertiary/aromatic N) is 1. The van der Waals surface area contributed by atoms with Gasteiger partial charge in [-0.05, 0) is 26.0 Å². The molecule has 2 atom stereocenters. The smallest absolute Gasteiger partial charge is 0.163 e. The van der Waals surface area contributed by atoms with Gasteiger partial charge in [-0.25, -0.2) is 8.78 Å². The molecule has 0 amide bonds.